The van der Waals surface area contributed by atoms with Crippen molar-refractivity contribution in [1.82, 2.24) is 14.7 Å². The molecular formula is C15H29ClN4. The lowest BCUT2D eigenvalue weighted by atomic mass is 9.81. The number of rotatable bonds is 8. The van der Waals surface area contributed by atoms with E-state index in [0.717, 1.165) is 38.2 Å². The van der Waals surface area contributed by atoms with Crippen molar-refractivity contribution in [3.05, 3.63) is 16.9 Å². The molecule has 20 heavy (non-hydrogen) atoms. The maximum Gasteiger partial charge on any atom is 0.0834 e. The van der Waals surface area contributed by atoms with Crippen molar-refractivity contribution in [3.63, 3.8) is 0 Å². The Hall–Kier alpha value is -0.580. The molecule has 4 nitrogen and oxygen atoms in total. The Morgan fingerprint density at radius 1 is 1.25 bits per heavy atom. The smallest absolute Gasteiger partial charge is 0.0834 e. The molecule has 2 N–H and O–H groups in total. The molecule has 1 heterocycles. The van der Waals surface area contributed by atoms with Crippen molar-refractivity contribution in [2.24, 2.45) is 5.73 Å². The third-order valence-electron chi connectivity index (χ3n) is 4.62. The first-order valence-corrected chi connectivity index (χ1v) is 8.11. The second-order valence-corrected chi connectivity index (χ2v) is 5.56. The van der Waals surface area contributed by atoms with Crippen LogP contribution in [0.25, 0.3) is 0 Å². The van der Waals surface area contributed by atoms with E-state index in [2.05, 4.69) is 44.6 Å². The Kier molecular flexibility index (Phi) is 6.49. The van der Waals surface area contributed by atoms with Crippen LogP contribution in [0.1, 0.15) is 59.2 Å². The zero-order chi connectivity index (χ0) is 15.3. The number of aryl methyl sites for hydroxylation is 1. The molecule has 5 heteroatoms. The number of hydrogen-bond acceptors (Lipinski definition) is 3. The fourth-order valence-electron chi connectivity index (χ4n) is 3.37. The minimum Gasteiger partial charge on any atom is -0.321 e. The summed E-state index contributed by atoms with van der Waals surface area (Å²) in [5.41, 5.74) is 7.58. The summed E-state index contributed by atoms with van der Waals surface area (Å²) in [4.78, 5) is 2.46. The molecule has 0 aliphatic heterocycles. The number of hydrogen-bond donors (Lipinski definition) is 1. The quantitative estimate of drug-likeness (QED) is 0.800. The van der Waals surface area contributed by atoms with E-state index in [0.29, 0.717) is 5.02 Å². The lowest BCUT2D eigenvalue weighted by Gasteiger charge is -2.46. The van der Waals surface area contributed by atoms with Gasteiger partial charge in [-0.3, -0.25) is 9.58 Å². The predicted octanol–water partition coefficient (Wildman–Crippen LogP) is 3.46. The zero-order valence-electron chi connectivity index (χ0n) is 13.5. The first kappa shape index (κ1) is 17.5. The van der Waals surface area contributed by atoms with Crippen LogP contribution in [0.3, 0.4) is 0 Å². The minimum atomic E-state index is -0.132. The van der Waals surface area contributed by atoms with Crippen LogP contribution in [0, 0.1) is 0 Å². The Bertz CT molecular complexity index is 408. The molecule has 0 aliphatic carbocycles. The van der Waals surface area contributed by atoms with E-state index < -0.39 is 0 Å². The monoisotopic (exact) mass is 300 g/mol. The normalized spacial score (nSPS) is 14.0. The van der Waals surface area contributed by atoms with E-state index >= 15 is 0 Å². The fourth-order valence-corrected chi connectivity index (χ4v) is 3.63. The Balaban J connectivity index is 3.30. The molecule has 0 saturated heterocycles. The van der Waals surface area contributed by atoms with Crippen molar-refractivity contribution < 1.29 is 0 Å². The van der Waals surface area contributed by atoms with E-state index in [-0.39, 0.29) is 11.6 Å². The molecule has 0 aromatic carbocycles. The summed E-state index contributed by atoms with van der Waals surface area (Å²) in [6.07, 6.45) is 3.70. The second-order valence-electron chi connectivity index (χ2n) is 5.15. The SMILES string of the molecule is CCN(CC)C(CC)(CC)C(N)c1c(Cl)cnn1CC. The molecule has 1 aromatic heterocycles. The van der Waals surface area contributed by atoms with Gasteiger partial charge in [-0.25, -0.2) is 0 Å². The van der Waals surface area contributed by atoms with Crippen LogP contribution in [0.4, 0.5) is 0 Å². The van der Waals surface area contributed by atoms with Crippen LogP contribution in [0.2, 0.25) is 5.02 Å². The van der Waals surface area contributed by atoms with Crippen molar-refractivity contribution in [1.29, 1.82) is 0 Å². The van der Waals surface area contributed by atoms with Crippen LogP contribution in [0.15, 0.2) is 6.20 Å². The van der Waals surface area contributed by atoms with Crippen LogP contribution < -0.4 is 5.73 Å². The Morgan fingerprint density at radius 2 is 1.80 bits per heavy atom. The fraction of sp³-hybridized carbons (Fsp3) is 0.800. The van der Waals surface area contributed by atoms with Gasteiger partial charge in [-0.2, -0.15) is 5.10 Å². The van der Waals surface area contributed by atoms with E-state index in [1.165, 1.54) is 0 Å². The molecule has 0 fully saturated rings. The first-order valence-electron chi connectivity index (χ1n) is 7.74. The molecule has 0 spiro atoms. The van der Waals surface area contributed by atoms with Crippen LogP contribution >= 0.6 is 11.6 Å². The highest BCUT2D eigenvalue weighted by molar-refractivity contribution is 6.31. The number of likely N-dealkylation sites (N-methyl/N-ethyl adjacent to an activating group) is 1. The predicted molar refractivity (Wildman–Crippen MR) is 86.1 cm³/mol. The van der Waals surface area contributed by atoms with Gasteiger partial charge in [-0.15, -0.1) is 0 Å². The third-order valence-corrected chi connectivity index (χ3v) is 4.92. The minimum absolute atomic E-state index is 0.0694. The molecule has 1 unspecified atom stereocenters. The van der Waals surface area contributed by atoms with Gasteiger partial charge in [0.15, 0.2) is 0 Å². The van der Waals surface area contributed by atoms with Gasteiger partial charge in [0.1, 0.15) is 0 Å². The van der Waals surface area contributed by atoms with Gasteiger partial charge in [-0.1, -0.05) is 39.3 Å². The van der Waals surface area contributed by atoms with Gasteiger partial charge in [0.25, 0.3) is 0 Å². The summed E-state index contributed by atoms with van der Waals surface area (Å²) in [7, 11) is 0. The molecule has 116 valence electrons. The molecule has 0 aliphatic rings. The average Bonchev–Trinajstić information content (AvgIpc) is 2.85. The van der Waals surface area contributed by atoms with Gasteiger partial charge >= 0.3 is 0 Å². The van der Waals surface area contributed by atoms with Crippen molar-refractivity contribution in [2.45, 2.75) is 65.6 Å². The molecule has 0 bridgehead atoms. The summed E-state index contributed by atoms with van der Waals surface area (Å²) in [5, 5.41) is 5.01. The maximum atomic E-state index is 6.68. The summed E-state index contributed by atoms with van der Waals surface area (Å²) in [5.74, 6) is 0. The standard InChI is InChI=1S/C15H29ClN4/c1-6-15(7-2,19(8-3)9-4)14(17)13-12(16)11-18-20(13)10-5/h11,14H,6-10,17H2,1-5H3. The molecule has 1 rings (SSSR count). The maximum absolute atomic E-state index is 6.68. The van der Waals surface area contributed by atoms with E-state index in [4.69, 9.17) is 17.3 Å². The highest BCUT2D eigenvalue weighted by atomic mass is 35.5. The Labute approximate surface area is 128 Å². The van der Waals surface area contributed by atoms with E-state index in [9.17, 15) is 0 Å². The topological polar surface area (TPSA) is 47.1 Å². The summed E-state index contributed by atoms with van der Waals surface area (Å²) in [6, 6.07) is -0.132. The highest BCUT2D eigenvalue weighted by Crippen LogP contribution is 2.38. The summed E-state index contributed by atoms with van der Waals surface area (Å²) >= 11 is 6.35. The van der Waals surface area contributed by atoms with Gasteiger partial charge in [0.2, 0.25) is 0 Å². The van der Waals surface area contributed by atoms with Gasteiger partial charge in [-0.05, 0) is 32.9 Å². The molecule has 0 amide bonds. The van der Waals surface area contributed by atoms with Gasteiger partial charge in [0.05, 0.1) is 23.0 Å². The Morgan fingerprint density at radius 3 is 2.20 bits per heavy atom. The number of nitrogens with two attached hydrogens (primary N) is 1. The van der Waals surface area contributed by atoms with Crippen LogP contribution in [-0.2, 0) is 6.54 Å². The zero-order valence-corrected chi connectivity index (χ0v) is 14.2. The largest absolute Gasteiger partial charge is 0.321 e. The molecule has 1 atom stereocenters. The van der Waals surface area contributed by atoms with Crippen LogP contribution in [-0.4, -0.2) is 33.3 Å². The number of aromatic nitrogens is 2. The molecule has 1 aromatic rings. The number of halogens is 1. The van der Waals surface area contributed by atoms with Crippen molar-refractivity contribution in [3.8, 4) is 0 Å². The van der Waals surface area contributed by atoms with Gasteiger partial charge in [0, 0.05) is 12.1 Å². The highest BCUT2D eigenvalue weighted by Gasteiger charge is 2.41. The molecule has 0 saturated carbocycles. The summed E-state index contributed by atoms with van der Waals surface area (Å²) < 4.78 is 1.93. The first-order chi connectivity index (χ1) is 9.52. The lowest BCUT2D eigenvalue weighted by molar-refractivity contribution is 0.0597. The van der Waals surface area contributed by atoms with Crippen LogP contribution in [0.5, 0.6) is 0 Å². The third kappa shape index (κ3) is 2.87. The molecule has 0 radical (unpaired) electrons. The van der Waals surface area contributed by atoms with Crippen molar-refractivity contribution >= 4 is 11.6 Å². The van der Waals surface area contributed by atoms with Gasteiger partial charge < -0.3 is 5.73 Å². The molecular weight excluding hydrogens is 272 g/mol. The lowest BCUT2D eigenvalue weighted by Crippen LogP contribution is -2.55. The van der Waals surface area contributed by atoms with Crippen molar-refractivity contribution in [2.75, 3.05) is 13.1 Å². The number of nitrogens with zero attached hydrogens (tertiary/aromatic N) is 3. The van der Waals surface area contributed by atoms with E-state index in [1.54, 1.807) is 6.20 Å². The average molecular weight is 301 g/mol. The summed E-state index contributed by atoms with van der Waals surface area (Å²) in [6.45, 7) is 13.6. The second kappa shape index (κ2) is 7.43. The van der Waals surface area contributed by atoms with E-state index in [1.807, 2.05) is 4.68 Å².